The molecule has 1 aliphatic rings. The molecule has 0 spiro atoms. The number of aromatic nitrogens is 1. The maximum absolute atomic E-state index is 12.2. The van der Waals surface area contributed by atoms with E-state index in [4.69, 9.17) is 4.74 Å². The molecule has 0 aliphatic carbocycles. The van der Waals surface area contributed by atoms with Crippen molar-refractivity contribution in [3.05, 3.63) is 29.8 Å². The summed E-state index contributed by atoms with van der Waals surface area (Å²) in [5.41, 5.74) is 1.31. The van der Waals surface area contributed by atoms with Crippen molar-refractivity contribution in [1.82, 2.24) is 9.99 Å². The number of carbonyl (C=O) groups excluding carboxylic acids is 1. The van der Waals surface area contributed by atoms with Crippen molar-refractivity contribution in [2.75, 3.05) is 19.7 Å². The number of fused-ring (bicyclic) bond motifs is 1. The quantitative estimate of drug-likeness (QED) is 0.691. The Labute approximate surface area is 122 Å². The highest BCUT2D eigenvalue weighted by Gasteiger charge is 2.20. The second kappa shape index (κ2) is 5.95. The highest BCUT2D eigenvalue weighted by atomic mass is 16.5. The molecule has 6 heteroatoms. The first-order valence-electron chi connectivity index (χ1n) is 7.24. The minimum atomic E-state index is -0.370. The first-order valence-corrected chi connectivity index (χ1v) is 7.24. The van der Waals surface area contributed by atoms with Crippen LogP contribution in [0, 0.1) is 0 Å². The predicted octanol–water partition coefficient (Wildman–Crippen LogP) is 3.44. The Hall–Kier alpha value is -2.37. The molecular formula is C15H18N4O2. The van der Waals surface area contributed by atoms with Crippen molar-refractivity contribution in [1.29, 1.82) is 0 Å². The van der Waals surface area contributed by atoms with E-state index in [1.807, 2.05) is 29.3 Å². The van der Waals surface area contributed by atoms with Crippen LogP contribution in [0.5, 0.6) is 0 Å². The molecule has 0 radical (unpaired) electrons. The predicted molar refractivity (Wildman–Crippen MR) is 79.6 cm³/mol. The number of benzene rings is 1. The van der Waals surface area contributed by atoms with Crippen LogP contribution in [0.15, 0.2) is 34.6 Å². The van der Waals surface area contributed by atoms with Gasteiger partial charge in [-0.05, 0) is 25.8 Å². The van der Waals surface area contributed by atoms with Crippen molar-refractivity contribution >= 4 is 22.7 Å². The number of nitrogens with one attached hydrogen (secondary N) is 1. The van der Waals surface area contributed by atoms with E-state index in [1.165, 1.54) is 0 Å². The van der Waals surface area contributed by atoms with E-state index in [2.05, 4.69) is 15.3 Å². The lowest BCUT2D eigenvalue weighted by Crippen LogP contribution is -2.10. The first-order chi connectivity index (χ1) is 10.3. The fourth-order valence-corrected chi connectivity index (χ4v) is 2.51. The van der Waals surface area contributed by atoms with Gasteiger partial charge < -0.3 is 9.72 Å². The summed E-state index contributed by atoms with van der Waals surface area (Å²) in [5.74, 6) is 0.0897. The molecule has 1 aromatic heterocycles. The fraction of sp³-hybridized carbons (Fsp3) is 0.400. The molecule has 21 heavy (non-hydrogen) atoms. The van der Waals surface area contributed by atoms with E-state index in [1.54, 1.807) is 6.92 Å². The third-order valence-corrected chi connectivity index (χ3v) is 3.52. The van der Waals surface area contributed by atoms with Crippen LogP contribution in [0.4, 0.5) is 5.82 Å². The van der Waals surface area contributed by atoms with E-state index in [-0.39, 0.29) is 5.97 Å². The van der Waals surface area contributed by atoms with Crippen LogP contribution < -0.4 is 0 Å². The van der Waals surface area contributed by atoms with Crippen molar-refractivity contribution in [2.45, 2.75) is 19.8 Å². The molecule has 1 saturated heterocycles. The van der Waals surface area contributed by atoms with Crippen molar-refractivity contribution in [3.63, 3.8) is 0 Å². The van der Waals surface area contributed by atoms with E-state index in [9.17, 15) is 4.79 Å². The Morgan fingerprint density at radius 3 is 2.86 bits per heavy atom. The number of carbonyl (C=O) groups is 1. The van der Waals surface area contributed by atoms with Gasteiger partial charge in [-0.2, -0.15) is 0 Å². The maximum atomic E-state index is 12.2. The summed E-state index contributed by atoms with van der Waals surface area (Å²) in [6.45, 7) is 3.95. The number of para-hydroxylation sites is 1. The summed E-state index contributed by atoms with van der Waals surface area (Å²) >= 11 is 0. The summed E-state index contributed by atoms with van der Waals surface area (Å²) < 4.78 is 5.13. The number of esters is 1. The normalized spacial score (nSPS) is 15.2. The van der Waals surface area contributed by atoms with Gasteiger partial charge in [0.1, 0.15) is 5.56 Å². The van der Waals surface area contributed by atoms with Crippen LogP contribution in [0.1, 0.15) is 30.1 Å². The van der Waals surface area contributed by atoms with Gasteiger partial charge in [0.25, 0.3) is 0 Å². The van der Waals surface area contributed by atoms with Gasteiger partial charge in [-0.15, -0.1) is 5.11 Å². The van der Waals surface area contributed by atoms with Crippen LogP contribution in [0.25, 0.3) is 10.9 Å². The fourth-order valence-electron chi connectivity index (χ4n) is 2.51. The number of hydrogen-bond acceptors (Lipinski definition) is 4. The minimum Gasteiger partial charge on any atom is -0.462 e. The molecule has 0 unspecified atom stereocenters. The standard InChI is InChI=1S/C15H18N4O2/c1-2-21-15(20)13-11-7-3-4-8-12(11)16-14(13)17-18-19-9-5-6-10-19/h3-4,7-8,16H,2,5-6,9-10H2,1H3/b18-17+. The molecule has 0 atom stereocenters. The van der Waals surface area contributed by atoms with Crippen LogP contribution in [-0.2, 0) is 4.74 Å². The lowest BCUT2D eigenvalue weighted by Gasteiger charge is -2.06. The number of nitrogens with zero attached hydrogens (tertiary/aromatic N) is 3. The molecule has 1 N–H and O–H groups in total. The lowest BCUT2D eigenvalue weighted by atomic mass is 10.1. The monoisotopic (exact) mass is 286 g/mol. The topological polar surface area (TPSA) is 70.0 Å². The maximum Gasteiger partial charge on any atom is 0.342 e. The molecule has 3 rings (SSSR count). The smallest absolute Gasteiger partial charge is 0.342 e. The van der Waals surface area contributed by atoms with Crippen LogP contribution in [0.2, 0.25) is 0 Å². The minimum absolute atomic E-state index is 0.334. The zero-order valence-electron chi connectivity index (χ0n) is 12.0. The van der Waals surface area contributed by atoms with Gasteiger partial charge in [0.15, 0.2) is 5.82 Å². The molecule has 0 amide bonds. The summed E-state index contributed by atoms with van der Waals surface area (Å²) in [4.78, 5) is 15.3. The molecule has 1 aromatic carbocycles. The zero-order chi connectivity index (χ0) is 14.7. The Morgan fingerprint density at radius 1 is 1.33 bits per heavy atom. The van der Waals surface area contributed by atoms with Crippen molar-refractivity contribution in [2.24, 2.45) is 10.3 Å². The first kappa shape index (κ1) is 13.6. The number of ether oxygens (including phenoxy) is 1. The van der Waals surface area contributed by atoms with Gasteiger partial charge >= 0.3 is 5.97 Å². The van der Waals surface area contributed by atoms with Crippen molar-refractivity contribution < 1.29 is 9.53 Å². The Kier molecular flexibility index (Phi) is 3.85. The second-order valence-corrected chi connectivity index (χ2v) is 4.96. The molecular weight excluding hydrogens is 268 g/mol. The summed E-state index contributed by atoms with van der Waals surface area (Å²) in [7, 11) is 0. The van der Waals surface area contributed by atoms with Gasteiger partial charge in [0.05, 0.1) is 6.61 Å². The average molecular weight is 286 g/mol. The van der Waals surface area contributed by atoms with E-state index >= 15 is 0 Å². The van der Waals surface area contributed by atoms with Gasteiger partial charge in [-0.25, -0.2) is 4.79 Å². The molecule has 1 fully saturated rings. The van der Waals surface area contributed by atoms with E-state index in [0.717, 1.165) is 36.8 Å². The Balaban J connectivity index is 1.99. The third-order valence-electron chi connectivity index (χ3n) is 3.52. The molecule has 0 bridgehead atoms. The highest BCUT2D eigenvalue weighted by molar-refractivity contribution is 6.08. The summed E-state index contributed by atoms with van der Waals surface area (Å²) in [5, 5.41) is 11.2. The van der Waals surface area contributed by atoms with Gasteiger partial charge in [-0.3, -0.25) is 5.01 Å². The molecule has 0 saturated carbocycles. The van der Waals surface area contributed by atoms with E-state index < -0.39 is 0 Å². The molecule has 6 nitrogen and oxygen atoms in total. The highest BCUT2D eigenvalue weighted by Crippen LogP contribution is 2.29. The zero-order valence-corrected chi connectivity index (χ0v) is 12.0. The van der Waals surface area contributed by atoms with Crippen LogP contribution in [-0.4, -0.2) is 35.7 Å². The van der Waals surface area contributed by atoms with Crippen LogP contribution >= 0.6 is 0 Å². The van der Waals surface area contributed by atoms with Gasteiger partial charge in [0, 0.05) is 24.0 Å². The molecule has 2 aromatic rings. The molecule has 1 aliphatic heterocycles. The average Bonchev–Trinajstić information content (AvgIpc) is 3.12. The summed E-state index contributed by atoms with van der Waals surface area (Å²) in [6, 6.07) is 7.59. The Bertz CT molecular complexity index is 671. The Morgan fingerprint density at radius 2 is 2.10 bits per heavy atom. The number of rotatable bonds is 4. The summed E-state index contributed by atoms with van der Waals surface area (Å²) in [6.07, 6.45) is 2.27. The SMILES string of the molecule is CCOC(=O)c1c(/N=N/N2CCCC2)[nH]c2ccccc12. The second-order valence-electron chi connectivity index (χ2n) is 4.96. The number of hydrogen-bond donors (Lipinski definition) is 1. The number of aromatic amines is 1. The van der Waals surface area contributed by atoms with Crippen LogP contribution in [0.3, 0.4) is 0 Å². The van der Waals surface area contributed by atoms with Gasteiger partial charge in [0.2, 0.25) is 0 Å². The third kappa shape index (κ3) is 2.74. The van der Waals surface area contributed by atoms with Gasteiger partial charge in [-0.1, -0.05) is 23.4 Å². The largest absolute Gasteiger partial charge is 0.462 e. The molecule has 110 valence electrons. The lowest BCUT2D eigenvalue weighted by molar-refractivity contribution is 0.0529. The van der Waals surface area contributed by atoms with Crippen molar-refractivity contribution in [3.8, 4) is 0 Å². The van der Waals surface area contributed by atoms with E-state index in [0.29, 0.717) is 18.0 Å². The molecule has 2 heterocycles. The number of H-pyrrole nitrogens is 1.